The van der Waals surface area contributed by atoms with Crippen LogP contribution in [0.5, 0.6) is 0 Å². The lowest BCUT2D eigenvalue weighted by Crippen LogP contribution is -2.15. The van der Waals surface area contributed by atoms with Crippen molar-refractivity contribution in [2.24, 2.45) is 0 Å². The predicted octanol–water partition coefficient (Wildman–Crippen LogP) is 3.43. The van der Waals surface area contributed by atoms with E-state index in [4.69, 9.17) is 0 Å². The van der Waals surface area contributed by atoms with Crippen molar-refractivity contribution in [3.05, 3.63) is 84.7 Å². The van der Waals surface area contributed by atoms with E-state index >= 15 is 0 Å². The molecule has 9 heteroatoms. The minimum Gasteiger partial charge on any atom is -0.280 e. The number of anilines is 2. The smallest absolute Gasteiger partial charge is 0.264 e. The zero-order chi connectivity index (χ0) is 19.5. The summed E-state index contributed by atoms with van der Waals surface area (Å²) in [5.41, 5.74) is 0.513. The molecule has 3 aromatic carbocycles. The molecule has 140 valence electrons. The second-order valence-corrected chi connectivity index (χ2v) is 8.87. The third-order valence-electron chi connectivity index (χ3n) is 3.57. The SMILES string of the molecule is O=S(=O)(Nc1ccccc1)c1ccc(NS(=O)(=O)c2ccccc2F)cc1. The van der Waals surface area contributed by atoms with E-state index in [0.29, 0.717) is 5.69 Å². The van der Waals surface area contributed by atoms with Gasteiger partial charge >= 0.3 is 0 Å². The van der Waals surface area contributed by atoms with Gasteiger partial charge in [0, 0.05) is 11.4 Å². The van der Waals surface area contributed by atoms with Crippen molar-refractivity contribution in [3.8, 4) is 0 Å². The molecule has 0 bridgehead atoms. The van der Waals surface area contributed by atoms with Crippen LogP contribution in [0.15, 0.2) is 88.7 Å². The van der Waals surface area contributed by atoms with Crippen LogP contribution in [0, 0.1) is 5.82 Å². The molecule has 0 spiro atoms. The van der Waals surface area contributed by atoms with Crippen molar-refractivity contribution in [1.82, 2.24) is 0 Å². The molecular formula is C18H15FN2O4S2. The maximum atomic E-state index is 13.7. The van der Waals surface area contributed by atoms with E-state index in [-0.39, 0.29) is 10.6 Å². The summed E-state index contributed by atoms with van der Waals surface area (Å²) in [6, 6.07) is 18.4. The number of hydrogen-bond acceptors (Lipinski definition) is 4. The van der Waals surface area contributed by atoms with E-state index < -0.39 is 30.8 Å². The number of para-hydroxylation sites is 1. The fourth-order valence-corrected chi connectivity index (χ4v) is 4.49. The molecule has 0 fully saturated rings. The molecule has 0 aliphatic rings. The molecule has 0 heterocycles. The Bertz CT molecular complexity index is 1150. The van der Waals surface area contributed by atoms with Gasteiger partial charge in [0.05, 0.1) is 4.90 Å². The van der Waals surface area contributed by atoms with Crippen LogP contribution in [-0.4, -0.2) is 16.8 Å². The molecule has 0 unspecified atom stereocenters. The minimum absolute atomic E-state index is 0.0415. The minimum atomic E-state index is -4.13. The Morgan fingerprint density at radius 1 is 0.593 bits per heavy atom. The Labute approximate surface area is 156 Å². The Morgan fingerprint density at radius 2 is 1.11 bits per heavy atom. The summed E-state index contributed by atoms with van der Waals surface area (Å²) in [5, 5.41) is 0. The lowest BCUT2D eigenvalue weighted by Gasteiger charge is -2.11. The molecule has 27 heavy (non-hydrogen) atoms. The summed E-state index contributed by atoms with van der Waals surface area (Å²) in [5.74, 6) is -0.878. The first kappa shape index (κ1) is 18.9. The molecule has 0 atom stereocenters. The van der Waals surface area contributed by atoms with Crippen LogP contribution in [0.2, 0.25) is 0 Å². The first-order valence-corrected chi connectivity index (χ1v) is 10.7. The highest BCUT2D eigenvalue weighted by molar-refractivity contribution is 7.93. The van der Waals surface area contributed by atoms with Crippen molar-refractivity contribution in [3.63, 3.8) is 0 Å². The van der Waals surface area contributed by atoms with Crippen LogP contribution in [0.3, 0.4) is 0 Å². The molecule has 0 saturated heterocycles. The number of nitrogens with one attached hydrogen (secondary N) is 2. The van der Waals surface area contributed by atoms with Gasteiger partial charge in [-0.05, 0) is 48.5 Å². The maximum absolute atomic E-state index is 13.7. The number of hydrogen-bond donors (Lipinski definition) is 2. The Hall–Kier alpha value is -2.91. The number of benzene rings is 3. The Balaban J connectivity index is 1.80. The van der Waals surface area contributed by atoms with Gasteiger partial charge in [-0.1, -0.05) is 30.3 Å². The van der Waals surface area contributed by atoms with Gasteiger partial charge < -0.3 is 0 Å². The van der Waals surface area contributed by atoms with Crippen LogP contribution in [-0.2, 0) is 20.0 Å². The van der Waals surface area contributed by atoms with E-state index in [1.54, 1.807) is 30.3 Å². The molecule has 0 aliphatic heterocycles. The van der Waals surface area contributed by atoms with E-state index in [0.717, 1.165) is 12.1 Å². The zero-order valence-corrected chi connectivity index (χ0v) is 15.5. The lowest BCUT2D eigenvalue weighted by atomic mass is 10.3. The summed E-state index contributed by atoms with van der Waals surface area (Å²) in [6.45, 7) is 0. The summed E-state index contributed by atoms with van der Waals surface area (Å²) >= 11 is 0. The average Bonchev–Trinajstić information content (AvgIpc) is 2.62. The topological polar surface area (TPSA) is 92.3 Å². The van der Waals surface area contributed by atoms with E-state index in [1.165, 1.54) is 36.4 Å². The fourth-order valence-electron chi connectivity index (χ4n) is 2.30. The highest BCUT2D eigenvalue weighted by Gasteiger charge is 2.19. The summed E-state index contributed by atoms with van der Waals surface area (Å²) in [6.07, 6.45) is 0. The zero-order valence-electron chi connectivity index (χ0n) is 13.8. The number of halogens is 1. The third kappa shape index (κ3) is 4.44. The second-order valence-electron chi connectivity index (χ2n) is 5.53. The molecule has 3 aromatic rings. The van der Waals surface area contributed by atoms with Gasteiger partial charge in [-0.15, -0.1) is 0 Å². The maximum Gasteiger partial charge on any atom is 0.264 e. The lowest BCUT2D eigenvalue weighted by molar-refractivity contribution is 0.570. The predicted molar refractivity (Wildman–Crippen MR) is 101 cm³/mol. The molecule has 0 saturated carbocycles. The normalized spacial score (nSPS) is 11.7. The molecule has 0 amide bonds. The van der Waals surface area contributed by atoms with Crippen LogP contribution in [0.1, 0.15) is 0 Å². The monoisotopic (exact) mass is 406 g/mol. The fraction of sp³-hybridized carbons (Fsp3) is 0. The van der Waals surface area contributed by atoms with Gasteiger partial charge in [0.25, 0.3) is 20.0 Å². The molecule has 3 rings (SSSR count). The third-order valence-corrected chi connectivity index (χ3v) is 6.38. The van der Waals surface area contributed by atoms with E-state index in [1.807, 2.05) is 0 Å². The van der Waals surface area contributed by atoms with E-state index in [9.17, 15) is 21.2 Å². The van der Waals surface area contributed by atoms with Gasteiger partial charge in [-0.25, -0.2) is 21.2 Å². The highest BCUT2D eigenvalue weighted by atomic mass is 32.2. The van der Waals surface area contributed by atoms with Gasteiger partial charge in [-0.3, -0.25) is 9.44 Å². The van der Waals surface area contributed by atoms with Crippen LogP contribution < -0.4 is 9.44 Å². The Morgan fingerprint density at radius 3 is 1.74 bits per heavy atom. The summed E-state index contributed by atoms with van der Waals surface area (Å²) in [4.78, 5) is -0.535. The number of sulfonamides is 2. The first-order chi connectivity index (χ1) is 12.8. The van der Waals surface area contributed by atoms with Gasteiger partial charge in [0.15, 0.2) is 0 Å². The standard InChI is InChI=1S/C18H15FN2O4S2/c19-17-8-4-5-9-18(17)27(24,25)21-15-10-12-16(13-11-15)26(22,23)20-14-6-2-1-3-7-14/h1-13,20-21H. The molecule has 0 aliphatic carbocycles. The van der Waals surface area contributed by atoms with Crippen molar-refractivity contribution in [2.75, 3.05) is 9.44 Å². The van der Waals surface area contributed by atoms with Gasteiger partial charge in [0.2, 0.25) is 0 Å². The summed E-state index contributed by atoms with van der Waals surface area (Å²) < 4.78 is 67.6. The number of rotatable bonds is 6. The van der Waals surface area contributed by atoms with Crippen LogP contribution in [0.4, 0.5) is 15.8 Å². The van der Waals surface area contributed by atoms with Crippen LogP contribution >= 0.6 is 0 Å². The van der Waals surface area contributed by atoms with Crippen molar-refractivity contribution < 1.29 is 21.2 Å². The molecule has 6 nitrogen and oxygen atoms in total. The van der Waals surface area contributed by atoms with Crippen molar-refractivity contribution >= 4 is 31.4 Å². The molecular weight excluding hydrogens is 391 g/mol. The summed E-state index contributed by atoms with van der Waals surface area (Å²) in [7, 11) is -7.95. The molecule has 0 aromatic heterocycles. The van der Waals surface area contributed by atoms with Gasteiger partial charge in [-0.2, -0.15) is 0 Å². The average molecular weight is 406 g/mol. The van der Waals surface area contributed by atoms with Crippen LogP contribution in [0.25, 0.3) is 0 Å². The van der Waals surface area contributed by atoms with E-state index in [2.05, 4.69) is 9.44 Å². The largest absolute Gasteiger partial charge is 0.280 e. The molecule has 0 radical (unpaired) electrons. The Kier molecular flexibility index (Phi) is 5.15. The first-order valence-electron chi connectivity index (χ1n) is 7.73. The van der Waals surface area contributed by atoms with Gasteiger partial charge in [0.1, 0.15) is 10.7 Å². The van der Waals surface area contributed by atoms with Crippen molar-refractivity contribution in [2.45, 2.75) is 9.79 Å². The second kappa shape index (κ2) is 7.37. The molecule has 2 N–H and O–H groups in total. The quantitative estimate of drug-likeness (QED) is 0.656. The highest BCUT2D eigenvalue weighted by Crippen LogP contribution is 2.21. The van der Waals surface area contributed by atoms with Crippen molar-refractivity contribution in [1.29, 1.82) is 0 Å².